The Bertz CT molecular complexity index is 1240. The zero-order valence-corrected chi connectivity index (χ0v) is 20.1. The van der Waals surface area contributed by atoms with E-state index < -0.39 is 0 Å². The summed E-state index contributed by atoms with van der Waals surface area (Å²) in [5.41, 5.74) is 4.50. The van der Waals surface area contributed by atoms with Gasteiger partial charge in [-0.15, -0.1) is 0 Å². The minimum absolute atomic E-state index is 0.301. The summed E-state index contributed by atoms with van der Waals surface area (Å²) >= 11 is 0. The molecule has 0 amide bonds. The normalized spacial score (nSPS) is 18.6. The lowest BCUT2D eigenvalue weighted by Gasteiger charge is -2.27. The van der Waals surface area contributed by atoms with Gasteiger partial charge < -0.3 is 9.47 Å². The molecule has 0 spiro atoms. The highest BCUT2D eigenvalue weighted by atomic mass is 16.5. The van der Waals surface area contributed by atoms with E-state index in [1.807, 2.05) is 30.3 Å². The van der Waals surface area contributed by atoms with Gasteiger partial charge in [0, 0.05) is 16.9 Å². The van der Waals surface area contributed by atoms with Crippen molar-refractivity contribution < 1.29 is 9.47 Å². The Kier molecular flexibility index (Phi) is 6.80. The number of methoxy groups -OCH3 is 1. The number of rotatable bonds is 8. The molecule has 1 heterocycles. The second kappa shape index (κ2) is 10.3. The fourth-order valence-electron chi connectivity index (χ4n) is 5.54. The van der Waals surface area contributed by atoms with Gasteiger partial charge >= 0.3 is 0 Å². The first-order chi connectivity index (χ1) is 16.7. The molecule has 4 aromatic rings. The number of ether oxygens (including phenoxy) is 2. The van der Waals surface area contributed by atoms with Crippen LogP contribution in [0.2, 0.25) is 0 Å². The summed E-state index contributed by atoms with van der Waals surface area (Å²) in [6.45, 7) is 2.76. The third-order valence-corrected chi connectivity index (χ3v) is 7.37. The van der Waals surface area contributed by atoms with Crippen molar-refractivity contribution in [2.24, 2.45) is 11.8 Å². The molecule has 0 radical (unpaired) electrons. The lowest BCUT2D eigenvalue weighted by molar-refractivity contribution is 0.300. The summed E-state index contributed by atoms with van der Waals surface area (Å²) in [6, 6.07) is 29.5. The molecule has 3 aromatic carbocycles. The van der Waals surface area contributed by atoms with Crippen molar-refractivity contribution in [2.45, 2.75) is 45.1 Å². The van der Waals surface area contributed by atoms with E-state index in [-0.39, 0.29) is 0 Å². The van der Waals surface area contributed by atoms with Gasteiger partial charge in [-0.25, -0.2) is 4.98 Å². The van der Waals surface area contributed by atoms with Crippen molar-refractivity contribution in [3.8, 4) is 11.5 Å². The molecule has 0 bridgehead atoms. The van der Waals surface area contributed by atoms with Gasteiger partial charge in [0.15, 0.2) is 0 Å². The standard InChI is InChI=1S/C31H33NO2/c1-3-22-13-14-25(19-22)31(24-10-5-4-6-11-24)28-20-27(17-18-30(28)33-2)34-21-26-16-15-23-9-7-8-12-29(23)32-26/h4-12,15-18,20,22,25,31H,3,13-14,19,21H2,1-2H3. The maximum atomic E-state index is 6.25. The monoisotopic (exact) mass is 451 g/mol. The van der Waals surface area contributed by atoms with E-state index in [1.54, 1.807) is 7.11 Å². The molecule has 0 saturated heterocycles. The predicted molar refractivity (Wildman–Crippen MR) is 138 cm³/mol. The summed E-state index contributed by atoms with van der Waals surface area (Å²) in [7, 11) is 1.77. The average molecular weight is 452 g/mol. The Morgan fingerprint density at radius 1 is 0.912 bits per heavy atom. The summed E-state index contributed by atoms with van der Waals surface area (Å²) in [5, 5.41) is 1.14. The molecule has 3 heteroatoms. The number of hydrogen-bond acceptors (Lipinski definition) is 3. The molecule has 34 heavy (non-hydrogen) atoms. The van der Waals surface area contributed by atoms with E-state index in [2.05, 4.69) is 61.5 Å². The van der Waals surface area contributed by atoms with Crippen molar-refractivity contribution in [1.82, 2.24) is 4.98 Å². The Morgan fingerprint density at radius 3 is 2.53 bits per heavy atom. The molecular formula is C31H33NO2. The summed E-state index contributed by atoms with van der Waals surface area (Å²) in [5.74, 6) is 3.52. The van der Waals surface area contributed by atoms with Crippen LogP contribution < -0.4 is 9.47 Å². The number of pyridine rings is 1. The second-order valence-electron chi connectivity index (χ2n) is 9.42. The first-order valence-corrected chi connectivity index (χ1v) is 12.5. The molecule has 1 saturated carbocycles. The smallest absolute Gasteiger partial charge is 0.130 e. The molecule has 3 nitrogen and oxygen atoms in total. The molecule has 1 aliphatic carbocycles. The van der Waals surface area contributed by atoms with E-state index in [4.69, 9.17) is 14.5 Å². The fourth-order valence-corrected chi connectivity index (χ4v) is 5.54. The van der Waals surface area contributed by atoms with Crippen LogP contribution in [0.3, 0.4) is 0 Å². The van der Waals surface area contributed by atoms with Gasteiger partial charge in [0.25, 0.3) is 0 Å². The van der Waals surface area contributed by atoms with Crippen molar-refractivity contribution in [2.75, 3.05) is 7.11 Å². The molecule has 174 valence electrons. The van der Waals surface area contributed by atoms with Gasteiger partial charge in [0.1, 0.15) is 18.1 Å². The number of nitrogens with zero attached hydrogens (tertiary/aromatic N) is 1. The zero-order valence-electron chi connectivity index (χ0n) is 20.1. The Morgan fingerprint density at radius 2 is 1.74 bits per heavy atom. The van der Waals surface area contributed by atoms with Crippen LogP contribution in [0.5, 0.6) is 11.5 Å². The van der Waals surface area contributed by atoms with Crippen molar-refractivity contribution >= 4 is 10.9 Å². The van der Waals surface area contributed by atoms with Crippen LogP contribution in [-0.4, -0.2) is 12.1 Å². The lowest BCUT2D eigenvalue weighted by atomic mass is 9.79. The minimum Gasteiger partial charge on any atom is -0.496 e. The molecule has 0 N–H and O–H groups in total. The highest BCUT2D eigenvalue weighted by Crippen LogP contribution is 2.47. The van der Waals surface area contributed by atoms with Crippen LogP contribution in [0.4, 0.5) is 0 Å². The van der Waals surface area contributed by atoms with Crippen LogP contribution in [0, 0.1) is 11.8 Å². The zero-order chi connectivity index (χ0) is 23.3. The Balaban J connectivity index is 1.44. The largest absolute Gasteiger partial charge is 0.496 e. The quantitative estimate of drug-likeness (QED) is 0.274. The third-order valence-electron chi connectivity index (χ3n) is 7.37. The molecule has 1 fully saturated rings. The SMILES string of the molecule is CCC1CCC(C(c2ccccc2)c2cc(OCc3ccc4ccccc4n3)ccc2OC)C1. The van der Waals surface area contributed by atoms with Gasteiger partial charge in [0.05, 0.1) is 18.3 Å². The van der Waals surface area contributed by atoms with Crippen LogP contribution in [0.15, 0.2) is 84.9 Å². The predicted octanol–water partition coefficient (Wildman–Crippen LogP) is 7.78. The second-order valence-corrected chi connectivity index (χ2v) is 9.42. The number of benzene rings is 3. The topological polar surface area (TPSA) is 31.4 Å². The first kappa shape index (κ1) is 22.5. The molecular weight excluding hydrogens is 418 g/mol. The highest BCUT2D eigenvalue weighted by molar-refractivity contribution is 5.78. The summed E-state index contributed by atoms with van der Waals surface area (Å²) in [6.07, 6.45) is 5.10. The molecule has 3 unspecified atom stereocenters. The van der Waals surface area contributed by atoms with Gasteiger partial charge in [-0.1, -0.05) is 74.4 Å². The van der Waals surface area contributed by atoms with E-state index in [0.717, 1.165) is 34.0 Å². The van der Waals surface area contributed by atoms with E-state index in [9.17, 15) is 0 Å². The van der Waals surface area contributed by atoms with E-state index in [0.29, 0.717) is 18.4 Å². The molecule has 1 aliphatic rings. The summed E-state index contributed by atoms with van der Waals surface area (Å²) in [4.78, 5) is 4.76. The van der Waals surface area contributed by atoms with Gasteiger partial charge in [-0.3, -0.25) is 0 Å². The van der Waals surface area contributed by atoms with Gasteiger partial charge in [-0.05, 0) is 60.6 Å². The molecule has 3 atom stereocenters. The molecule has 1 aromatic heterocycles. The summed E-state index contributed by atoms with van der Waals surface area (Å²) < 4.78 is 12.1. The fraction of sp³-hybridized carbons (Fsp3) is 0.323. The Hall–Kier alpha value is -3.33. The number of para-hydroxylation sites is 1. The number of fused-ring (bicyclic) bond motifs is 1. The maximum Gasteiger partial charge on any atom is 0.130 e. The van der Waals surface area contributed by atoms with Crippen LogP contribution >= 0.6 is 0 Å². The van der Waals surface area contributed by atoms with Crippen molar-refractivity contribution in [3.05, 3.63) is 102 Å². The Labute approximate surface area is 202 Å². The van der Waals surface area contributed by atoms with Gasteiger partial charge in [0.2, 0.25) is 0 Å². The van der Waals surface area contributed by atoms with Crippen molar-refractivity contribution in [3.63, 3.8) is 0 Å². The first-order valence-electron chi connectivity index (χ1n) is 12.5. The van der Waals surface area contributed by atoms with Crippen LogP contribution in [-0.2, 0) is 6.61 Å². The lowest BCUT2D eigenvalue weighted by Crippen LogP contribution is -2.14. The highest BCUT2D eigenvalue weighted by Gasteiger charge is 2.33. The number of hydrogen-bond donors (Lipinski definition) is 0. The van der Waals surface area contributed by atoms with Crippen LogP contribution in [0.25, 0.3) is 10.9 Å². The average Bonchev–Trinajstić information content (AvgIpc) is 3.37. The van der Waals surface area contributed by atoms with Crippen LogP contribution in [0.1, 0.15) is 55.3 Å². The third kappa shape index (κ3) is 4.79. The minimum atomic E-state index is 0.301. The van der Waals surface area contributed by atoms with E-state index >= 15 is 0 Å². The van der Waals surface area contributed by atoms with E-state index in [1.165, 1.54) is 36.8 Å². The molecule has 0 aliphatic heterocycles. The maximum absolute atomic E-state index is 6.25. The van der Waals surface area contributed by atoms with Gasteiger partial charge in [-0.2, -0.15) is 0 Å². The molecule has 5 rings (SSSR count). The van der Waals surface area contributed by atoms with Crippen molar-refractivity contribution in [1.29, 1.82) is 0 Å². The number of aromatic nitrogens is 1.